The number of fused-ring (bicyclic) bond motifs is 1. The van der Waals surface area contributed by atoms with Gasteiger partial charge >= 0.3 is 0 Å². The van der Waals surface area contributed by atoms with Crippen LogP contribution in [-0.4, -0.2) is 27.2 Å². The maximum atomic E-state index is 11.0. The third-order valence-corrected chi connectivity index (χ3v) is 5.00. The number of nitrogens with one attached hydrogen (secondary N) is 2. The minimum atomic E-state index is -0.933. The van der Waals surface area contributed by atoms with E-state index in [0.717, 1.165) is 27.9 Å². The van der Waals surface area contributed by atoms with Crippen LogP contribution in [0.2, 0.25) is 0 Å². The predicted octanol–water partition coefficient (Wildman–Crippen LogP) is 1.71. The molecule has 0 aliphatic carbocycles. The van der Waals surface area contributed by atoms with Gasteiger partial charge in [0, 0.05) is 17.7 Å². The van der Waals surface area contributed by atoms with Crippen LogP contribution in [0.3, 0.4) is 0 Å². The maximum Gasteiger partial charge on any atom is 0.212 e. The lowest BCUT2D eigenvalue weighted by Crippen LogP contribution is -2.99. The molecule has 4 rings (SSSR count). The lowest BCUT2D eigenvalue weighted by molar-refractivity contribution is -0.991. The van der Waals surface area contributed by atoms with Crippen LogP contribution in [0, 0.1) is 5.21 Å². The van der Waals surface area contributed by atoms with E-state index in [1.165, 1.54) is 11.8 Å². The van der Waals surface area contributed by atoms with Crippen LogP contribution in [0.5, 0.6) is 5.75 Å². The van der Waals surface area contributed by atoms with Crippen LogP contribution in [0.25, 0.3) is 11.4 Å². The number of aromatic nitrogens is 3. The molecule has 1 unspecified atom stereocenters. The average Bonchev–Trinajstić information content (AvgIpc) is 3.22. The molecule has 3 N–H and O–H groups in total. The number of quaternary nitrogens is 1. The fourth-order valence-corrected chi connectivity index (χ4v) is 3.58. The molecule has 128 valence electrons. The molecule has 1 aromatic heterocycles. The zero-order valence-corrected chi connectivity index (χ0v) is 14.0. The molecule has 0 fully saturated rings. The Morgan fingerprint density at radius 3 is 2.52 bits per heavy atom. The van der Waals surface area contributed by atoms with Crippen molar-refractivity contribution in [2.24, 2.45) is 0 Å². The molecule has 0 saturated heterocycles. The number of rotatable bonds is 4. The van der Waals surface area contributed by atoms with Crippen molar-refractivity contribution in [3.8, 4) is 17.1 Å². The van der Waals surface area contributed by atoms with Crippen LogP contribution in [0.4, 0.5) is 5.69 Å². The van der Waals surface area contributed by atoms with Gasteiger partial charge in [-0.25, -0.2) is 9.88 Å². The Labute approximate surface area is 147 Å². The van der Waals surface area contributed by atoms with Crippen molar-refractivity contribution >= 4 is 17.4 Å². The van der Waals surface area contributed by atoms with E-state index in [2.05, 4.69) is 15.6 Å². The number of methoxy groups -OCH3 is 1. The number of hydrogen-bond donors (Lipinski definition) is 3. The van der Waals surface area contributed by atoms with Gasteiger partial charge < -0.3 is 15.4 Å². The fourth-order valence-electron chi connectivity index (χ4n) is 2.58. The lowest BCUT2D eigenvalue weighted by Gasteiger charge is -2.14. The maximum absolute atomic E-state index is 11.0. The minimum Gasteiger partial charge on any atom is -0.595 e. The van der Waals surface area contributed by atoms with Gasteiger partial charge in [0.25, 0.3) is 0 Å². The van der Waals surface area contributed by atoms with Gasteiger partial charge in [0.05, 0.1) is 7.11 Å². The Morgan fingerprint density at radius 1 is 1.16 bits per heavy atom. The molecule has 1 aliphatic heterocycles. The molecular weight excluding hydrogens is 342 g/mol. The third kappa shape index (κ3) is 2.94. The van der Waals surface area contributed by atoms with Gasteiger partial charge in [-0.3, -0.25) is 0 Å². The second kappa shape index (κ2) is 6.37. The standard InChI is InChI=1S/C16H15N5O3S/c1-24-13-8-4-10(5-9-13)14-17-18-16-20(14)19-15(25-16)11-2-6-12(7-3-11)21(22)23/h2-9,15,19,21-22H,1H3/t15-/m1/s1. The normalized spacial score (nSPS) is 17.0. The van der Waals surface area contributed by atoms with Gasteiger partial charge in [0.2, 0.25) is 5.16 Å². The number of thioether (sulfide) groups is 1. The highest BCUT2D eigenvalue weighted by Crippen LogP contribution is 2.40. The topological polar surface area (TPSA) is 99.7 Å². The summed E-state index contributed by atoms with van der Waals surface area (Å²) < 4.78 is 7.03. The lowest BCUT2D eigenvalue weighted by atomic mass is 10.2. The van der Waals surface area contributed by atoms with E-state index >= 15 is 0 Å². The van der Waals surface area contributed by atoms with E-state index < -0.39 is 5.23 Å². The second-order valence-corrected chi connectivity index (χ2v) is 6.50. The molecule has 2 heterocycles. The van der Waals surface area contributed by atoms with Crippen LogP contribution in [-0.2, 0) is 0 Å². The van der Waals surface area contributed by atoms with Gasteiger partial charge in [0.1, 0.15) is 11.1 Å². The molecule has 0 radical (unpaired) electrons. The molecule has 9 heteroatoms. The zero-order valence-electron chi connectivity index (χ0n) is 13.2. The van der Waals surface area contributed by atoms with Gasteiger partial charge in [-0.2, -0.15) is 5.23 Å². The third-order valence-electron chi connectivity index (χ3n) is 3.91. The smallest absolute Gasteiger partial charge is 0.212 e. The number of hydrogen-bond acceptors (Lipinski definition) is 7. The molecule has 1 aliphatic rings. The molecule has 0 saturated carbocycles. The van der Waals surface area contributed by atoms with E-state index in [1.54, 1.807) is 31.4 Å². The Kier molecular flexibility index (Phi) is 4.06. The molecule has 0 bridgehead atoms. The Hall–Kier alpha value is -2.59. The van der Waals surface area contributed by atoms with Crippen molar-refractivity contribution < 1.29 is 15.2 Å². The van der Waals surface area contributed by atoms with Crippen molar-refractivity contribution in [2.45, 2.75) is 10.5 Å². The molecule has 0 spiro atoms. The summed E-state index contributed by atoms with van der Waals surface area (Å²) in [5, 5.41) is 28.2. The van der Waals surface area contributed by atoms with Crippen molar-refractivity contribution in [1.82, 2.24) is 14.9 Å². The van der Waals surface area contributed by atoms with E-state index in [9.17, 15) is 5.21 Å². The van der Waals surface area contributed by atoms with E-state index in [-0.39, 0.29) is 11.1 Å². The molecule has 3 aromatic rings. The van der Waals surface area contributed by atoms with Crippen LogP contribution >= 0.6 is 11.8 Å². The first-order valence-electron chi connectivity index (χ1n) is 7.52. The number of nitrogens with zero attached hydrogens (tertiary/aromatic N) is 3. The Morgan fingerprint density at radius 2 is 1.88 bits per heavy atom. The summed E-state index contributed by atoms with van der Waals surface area (Å²) in [6.45, 7) is 0. The molecule has 25 heavy (non-hydrogen) atoms. The van der Waals surface area contributed by atoms with Gasteiger partial charge in [-0.15, -0.1) is 10.2 Å². The zero-order chi connectivity index (χ0) is 17.4. The summed E-state index contributed by atoms with van der Waals surface area (Å²) >= 11 is 1.53. The highest BCUT2D eigenvalue weighted by Gasteiger charge is 2.28. The SMILES string of the molecule is COc1ccc(-c2nnc3n2N[C@@H](c2ccc([NH+]([O-])O)cc2)S3)cc1. The van der Waals surface area contributed by atoms with Gasteiger partial charge in [0.15, 0.2) is 11.5 Å². The molecule has 8 nitrogen and oxygen atoms in total. The summed E-state index contributed by atoms with van der Waals surface area (Å²) in [7, 11) is 1.63. The van der Waals surface area contributed by atoms with E-state index in [4.69, 9.17) is 9.94 Å². The van der Waals surface area contributed by atoms with E-state index in [0.29, 0.717) is 0 Å². The Bertz CT molecular complexity index is 880. The van der Waals surface area contributed by atoms with Gasteiger partial charge in [-0.1, -0.05) is 11.8 Å². The van der Waals surface area contributed by atoms with Crippen molar-refractivity contribution in [1.29, 1.82) is 0 Å². The van der Waals surface area contributed by atoms with E-state index in [1.807, 2.05) is 28.9 Å². The number of ether oxygens (including phenoxy) is 1. The van der Waals surface area contributed by atoms with Crippen molar-refractivity contribution in [3.05, 3.63) is 59.3 Å². The Balaban J connectivity index is 1.57. The molecule has 0 amide bonds. The van der Waals surface area contributed by atoms with Crippen LogP contribution in [0.15, 0.2) is 53.7 Å². The van der Waals surface area contributed by atoms with Crippen LogP contribution < -0.4 is 15.4 Å². The van der Waals surface area contributed by atoms with Gasteiger partial charge in [-0.05, 0) is 42.0 Å². The minimum absolute atomic E-state index is 0.0506. The fraction of sp³-hybridized carbons (Fsp3) is 0.125. The highest BCUT2D eigenvalue weighted by atomic mass is 32.2. The first-order chi connectivity index (χ1) is 12.2. The quantitative estimate of drug-likeness (QED) is 0.611. The monoisotopic (exact) mass is 357 g/mol. The summed E-state index contributed by atoms with van der Waals surface area (Å²) in [4.78, 5) is 0. The summed E-state index contributed by atoms with van der Waals surface area (Å²) in [5.74, 6) is 1.50. The molecule has 2 aromatic carbocycles. The predicted molar refractivity (Wildman–Crippen MR) is 92.2 cm³/mol. The largest absolute Gasteiger partial charge is 0.595 e. The van der Waals surface area contributed by atoms with Crippen molar-refractivity contribution in [2.75, 3.05) is 12.5 Å². The summed E-state index contributed by atoms with van der Waals surface area (Å²) in [6.07, 6.45) is 0. The number of benzene rings is 2. The average molecular weight is 357 g/mol. The highest BCUT2D eigenvalue weighted by molar-refractivity contribution is 7.99. The summed E-state index contributed by atoms with van der Waals surface area (Å²) in [5.41, 5.74) is 5.52. The van der Waals surface area contributed by atoms with Crippen LogP contribution in [0.1, 0.15) is 10.9 Å². The second-order valence-electron chi connectivity index (χ2n) is 5.42. The van der Waals surface area contributed by atoms with Crippen molar-refractivity contribution in [3.63, 3.8) is 0 Å². The first-order valence-corrected chi connectivity index (χ1v) is 8.40. The first kappa shape index (κ1) is 15.9. The molecular formula is C16H15N5O3S. The summed E-state index contributed by atoms with van der Waals surface area (Å²) in [6, 6.07) is 14.4. The molecule has 2 atom stereocenters.